The van der Waals surface area contributed by atoms with Crippen molar-refractivity contribution in [3.8, 4) is 5.75 Å². The maximum absolute atomic E-state index is 5.73. The fourth-order valence-corrected chi connectivity index (χ4v) is 2.01. The Morgan fingerprint density at radius 2 is 1.89 bits per heavy atom. The summed E-state index contributed by atoms with van der Waals surface area (Å²) in [4.78, 5) is 0. The Morgan fingerprint density at radius 3 is 2.56 bits per heavy atom. The van der Waals surface area contributed by atoms with Gasteiger partial charge >= 0.3 is 0 Å². The number of hydrogen-bond donors (Lipinski definition) is 1. The molecule has 0 bridgehead atoms. The van der Waals surface area contributed by atoms with Crippen LogP contribution in [0.25, 0.3) is 0 Å². The molecule has 2 nitrogen and oxygen atoms in total. The van der Waals surface area contributed by atoms with Gasteiger partial charge in [0.05, 0.1) is 6.61 Å². The third-order valence-corrected chi connectivity index (χ3v) is 3.43. The normalized spacial score (nSPS) is 14.7. The number of hydrogen-bond acceptors (Lipinski definition) is 2. The summed E-state index contributed by atoms with van der Waals surface area (Å²) in [6.45, 7) is 4.19. The number of unbranched alkanes of at least 4 members (excludes halogenated alkanes) is 2. The fraction of sp³-hybridized carbons (Fsp3) is 0.625. The standard InChI is InChI=1S/C16H25NO/c1-2-14-6-10-16(11-7-14)18-13-5-3-4-12-17-15-8-9-15/h6-7,10-11,15,17H,2-5,8-9,12-13H2,1H3. The molecular formula is C16H25NO. The Kier molecular flexibility index (Phi) is 5.53. The first kappa shape index (κ1) is 13.4. The van der Waals surface area contributed by atoms with Gasteiger partial charge in [-0.3, -0.25) is 0 Å². The quantitative estimate of drug-likeness (QED) is 0.674. The molecule has 100 valence electrons. The molecule has 0 heterocycles. The van der Waals surface area contributed by atoms with Gasteiger partial charge in [0.2, 0.25) is 0 Å². The van der Waals surface area contributed by atoms with Crippen LogP contribution in [-0.2, 0) is 6.42 Å². The Hall–Kier alpha value is -1.02. The summed E-state index contributed by atoms with van der Waals surface area (Å²) in [7, 11) is 0. The zero-order valence-corrected chi connectivity index (χ0v) is 11.5. The number of nitrogens with one attached hydrogen (secondary N) is 1. The summed E-state index contributed by atoms with van der Waals surface area (Å²) < 4.78 is 5.73. The number of aryl methyl sites for hydroxylation is 1. The summed E-state index contributed by atoms with van der Waals surface area (Å²) in [5, 5.41) is 3.54. The van der Waals surface area contributed by atoms with Crippen LogP contribution >= 0.6 is 0 Å². The zero-order chi connectivity index (χ0) is 12.6. The van der Waals surface area contributed by atoms with Gasteiger partial charge in [0.1, 0.15) is 5.75 Å². The van der Waals surface area contributed by atoms with Gasteiger partial charge in [0, 0.05) is 6.04 Å². The lowest BCUT2D eigenvalue weighted by atomic mass is 10.2. The van der Waals surface area contributed by atoms with E-state index in [0.717, 1.165) is 31.2 Å². The molecule has 0 aromatic heterocycles. The summed E-state index contributed by atoms with van der Waals surface area (Å²) in [5.74, 6) is 1.00. The molecule has 1 fully saturated rings. The van der Waals surface area contributed by atoms with Gasteiger partial charge in [-0.25, -0.2) is 0 Å². The fourth-order valence-electron chi connectivity index (χ4n) is 2.01. The highest BCUT2D eigenvalue weighted by Crippen LogP contribution is 2.18. The van der Waals surface area contributed by atoms with Gasteiger partial charge in [-0.1, -0.05) is 19.1 Å². The molecule has 18 heavy (non-hydrogen) atoms. The minimum Gasteiger partial charge on any atom is -0.494 e. The van der Waals surface area contributed by atoms with E-state index in [4.69, 9.17) is 4.74 Å². The minimum absolute atomic E-state index is 0.842. The molecule has 1 saturated carbocycles. The number of ether oxygens (including phenoxy) is 1. The molecule has 2 heteroatoms. The van der Waals surface area contributed by atoms with E-state index in [2.05, 4.69) is 36.5 Å². The number of rotatable bonds is 9. The predicted octanol–water partition coefficient (Wildman–Crippen LogP) is 3.55. The van der Waals surface area contributed by atoms with Crippen molar-refractivity contribution in [3.05, 3.63) is 29.8 Å². The van der Waals surface area contributed by atoms with Crippen molar-refractivity contribution in [1.82, 2.24) is 5.32 Å². The van der Waals surface area contributed by atoms with Gasteiger partial charge in [-0.05, 0) is 62.8 Å². The molecule has 0 saturated heterocycles. The summed E-state index contributed by atoms with van der Waals surface area (Å²) in [6, 6.07) is 9.29. The largest absolute Gasteiger partial charge is 0.494 e. The third-order valence-electron chi connectivity index (χ3n) is 3.43. The van der Waals surface area contributed by atoms with Crippen molar-refractivity contribution in [2.75, 3.05) is 13.2 Å². The molecule has 1 aromatic carbocycles. The van der Waals surface area contributed by atoms with E-state index in [1.54, 1.807) is 0 Å². The van der Waals surface area contributed by atoms with E-state index in [0.29, 0.717) is 0 Å². The van der Waals surface area contributed by atoms with Gasteiger partial charge in [0.25, 0.3) is 0 Å². The van der Waals surface area contributed by atoms with Crippen LogP contribution in [0, 0.1) is 0 Å². The first-order chi connectivity index (χ1) is 8.88. The van der Waals surface area contributed by atoms with Crippen LogP contribution in [0.4, 0.5) is 0 Å². The van der Waals surface area contributed by atoms with Crippen molar-refractivity contribution >= 4 is 0 Å². The van der Waals surface area contributed by atoms with Crippen molar-refractivity contribution in [1.29, 1.82) is 0 Å². The molecule has 0 radical (unpaired) electrons. The molecule has 0 atom stereocenters. The molecule has 1 aliphatic carbocycles. The van der Waals surface area contributed by atoms with Gasteiger partial charge in [-0.2, -0.15) is 0 Å². The molecule has 0 spiro atoms. The first-order valence-electron chi connectivity index (χ1n) is 7.33. The van der Waals surface area contributed by atoms with E-state index in [1.807, 2.05) is 0 Å². The minimum atomic E-state index is 0.842. The molecule has 0 amide bonds. The summed E-state index contributed by atoms with van der Waals surface area (Å²) >= 11 is 0. The lowest BCUT2D eigenvalue weighted by Gasteiger charge is -2.07. The van der Waals surface area contributed by atoms with E-state index in [1.165, 1.54) is 37.8 Å². The maximum atomic E-state index is 5.73. The number of benzene rings is 1. The Labute approximate surface area is 111 Å². The second-order valence-corrected chi connectivity index (χ2v) is 5.14. The summed E-state index contributed by atoms with van der Waals surface area (Å²) in [6.07, 6.45) is 7.55. The van der Waals surface area contributed by atoms with Crippen LogP contribution in [0.1, 0.15) is 44.6 Å². The molecule has 1 N–H and O–H groups in total. The van der Waals surface area contributed by atoms with Gasteiger partial charge in [-0.15, -0.1) is 0 Å². The topological polar surface area (TPSA) is 21.3 Å². The highest BCUT2D eigenvalue weighted by atomic mass is 16.5. The monoisotopic (exact) mass is 247 g/mol. The smallest absolute Gasteiger partial charge is 0.119 e. The Morgan fingerprint density at radius 1 is 1.11 bits per heavy atom. The second-order valence-electron chi connectivity index (χ2n) is 5.14. The average molecular weight is 247 g/mol. The highest BCUT2D eigenvalue weighted by Gasteiger charge is 2.19. The van der Waals surface area contributed by atoms with Crippen molar-refractivity contribution in [2.24, 2.45) is 0 Å². The van der Waals surface area contributed by atoms with Crippen LogP contribution in [0.3, 0.4) is 0 Å². The van der Waals surface area contributed by atoms with E-state index >= 15 is 0 Å². The average Bonchev–Trinajstić information content (AvgIpc) is 3.22. The molecule has 1 aliphatic rings. The van der Waals surface area contributed by atoms with Crippen molar-refractivity contribution in [3.63, 3.8) is 0 Å². The molecule has 0 aliphatic heterocycles. The van der Waals surface area contributed by atoms with Crippen molar-refractivity contribution < 1.29 is 4.74 Å². The first-order valence-corrected chi connectivity index (χ1v) is 7.33. The van der Waals surface area contributed by atoms with Gasteiger partial charge < -0.3 is 10.1 Å². The predicted molar refractivity (Wildman–Crippen MR) is 76.2 cm³/mol. The zero-order valence-electron chi connectivity index (χ0n) is 11.5. The van der Waals surface area contributed by atoms with Crippen LogP contribution in [-0.4, -0.2) is 19.2 Å². The van der Waals surface area contributed by atoms with Crippen LogP contribution < -0.4 is 10.1 Å². The lowest BCUT2D eigenvalue weighted by molar-refractivity contribution is 0.305. The molecular weight excluding hydrogens is 222 g/mol. The van der Waals surface area contributed by atoms with Crippen molar-refractivity contribution in [2.45, 2.75) is 51.5 Å². The van der Waals surface area contributed by atoms with Crippen LogP contribution in [0.5, 0.6) is 5.75 Å². The molecule has 0 unspecified atom stereocenters. The van der Waals surface area contributed by atoms with Crippen LogP contribution in [0.15, 0.2) is 24.3 Å². The van der Waals surface area contributed by atoms with E-state index in [9.17, 15) is 0 Å². The molecule has 1 aromatic rings. The highest BCUT2D eigenvalue weighted by molar-refractivity contribution is 5.27. The van der Waals surface area contributed by atoms with Crippen LogP contribution in [0.2, 0.25) is 0 Å². The Bertz CT molecular complexity index is 329. The molecule has 2 rings (SSSR count). The Balaban J connectivity index is 1.48. The lowest BCUT2D eigenvalue weighted by Crippen LogP contribution is -2.17. The van der Waals surface area contributed by atoms with E-state index in [-0.39, 0.29) is 0 Å². The third kappa shape index (κ3) is 5.09. The summed E-state index contributed by atoms with van der Waals surface area (Å²) in [5.41, 5.74) is 1.37. The SMILES string of the molecule is CCc1ccc(OCCCCCNC2CC2)cc1. The van der Waals surface area contributed by atoms with E-state index < -0.39 is 0 Å². The van der Waals surface area contributed by atoms with Gasteiger partial charge in [0.15, 0.2) is 0 Å². The second kappa shape index (κ2) is 7.42. The maximum Gasteiger partial charge on any atom is 0.119 e.